The number of benzene rings is 3. The molecule has 1 heterocycles. The van der Waals surface area contributed by atoms with Crippen molar-refractivity contribution in [2.75, 3.05) is 5.32 Å². The van der Waals surface area contributed by atoms with Gasteiger partial charge in [-0.1, -0.05) is 74.0 Å². The topological polar surface area (TPSA) is 73.2 Å². The fourth-order valence-electron chi connectivity index (χ4n) is 4.05. The normalized spacial score (nSPS) is 10.7. The number of nitrogens with one attached hydrogen (secondary N) is 1. The van der Waals surface area contributed by atoms with Crippen LogP contribution in [-0.2, 0) is 22.4 Å². The van der Waals surface area contributed by atoms with Crippen molar-refractivity contribution in [3.8, 4) is 22.7 Å². The minimum Gasteiger partial charge on any atom is -0.407 e. The van der Waals surface area contributed by atoms with Gasteiger partial charge in [-0.05, 0) is 48.2 Å². The minimum absolute atomic E-state index is 0.0800. The molecule has 0 fully saturated rings. The van der Waals surface area contributed by atoms with E-state index in [0.29, 0.717) is 18.0 Å². The molecule has 0 radical (unpaired) electrons. The van der Waals surface area contributed by atoms with Crippen LogP contribution in [0.4, 0.5) is 5.69 Å². The number of nitrogens with zero attached hydrogens (tertiary/aromatic N) is 2. The first-order chi connectivity index (χ1) is 17.0. The Hall–Kier alpha value is -4.19. The van der Waals surface area contributed by atoms with Crippen molar-refractivity contribution >= 4 is 17.6 Å². The fraction of sp³-hybridized carbons (Fsp3) is 0.207. The molecule has 1 aromatic heterocycles. The number of aromatic nitrogens is 2. The maximum atomic E-state index is 12.5. The molecular weight excluding hydrogens is 438 g/mol. The first kappa shape index (κ1) is 24.0. The zero-order valence-electron chi connectivity index (χ0n) is 20.2. The van der Waals surface area contributed by atoms with Crippen LogP contribution in [0.5, 0.6) is 5.88 Å². The van der Waals surface area contributed by atoms with Crippen molar-refractivity contribution in [1.82, 2.24) is 9.78 Å². The summed E-state index contributed by atoms with van der Waals surface area (Å²) in [6.45, 7) is 5.48. The molecule has 4 rings (SSSR count). The lowest BCUT2D eigenvalue weighted by atomic mass is 10.0. The highest BCUT2D eigenvalue weighted by Crippen LogP contribution is 2.37. The monoisotopic (exact) mass is 467 g/mol. The van der Waals surface area contributed by atoms with Gasteiger partial charge in [-0.3, -0.25) is 9.59 Å². The molecule has 4 aromatic rings. The summed E-state index contributed by atoms with van der Waals surface area (Å²) in [6.07, 6.45) is 1.94. The highest BCUT2D eigenvalue weighted by atomic mass is 16.5. The van der Waals surface area contributed by atoms with Crippen molar-refractivity contribution in [1.29, 1.82) is 0 Å². The van der Waals surface area contributed by atoms with E-state index < -0.39 is 5.97 Å². The molecule has 0 unspecified atom stereocenters. The second-order valence-corrected chi connectivity index (χ2v) is 8.46. The van der Waals surface area contributed by atoms with Crippen LogP contribution >= 0.6 is 0 Å². The van der Waals surface area contributed by atoms with Crippen LogP contribution in [0.2, 0.25) is 0 Å². The molecule has 0 aliphatic carbocycles. The molecule has 0 aliphatic heterocycles. The summed E-state index contributed by atoms with van der Waals surface area (Å²) in [4.78, 5) is 24.5. The molecule has 178 valence electrons. The Morgan fingerprint density at radius 3 is 2.29 bits per heavy atom. The van der Waals surface area contributed by atoms with Crippen molar-refractivity contribution in [3.63, 3.8) is 0 Å². The molecule has 0 aliphatic rings. The summed E-state index contributed by atoms with van der Waals surface area (Å²) in [5, 5.41) is 7.80. The number of anilines is 1. The van der Waals surface area contributed by atoms with Crippen LogP contribution in [0.1, 0.15) is 37.1 Å². The molecule has 35 heavy (non-hydrogen) atoms. The van der Waals surface area contributed by atoms with Crippen molar-refractivity contribution in [3.05, 3.63) is 95.7 Å². The van der Waals surface area contributed by atoms with E-state index in [1.165, 1.54) is 6.92 Å². The summed E-state index contributed by atoms with van der Waals surface area (Å²) in [7, 11) is 0. The van der Waals surface area contributed by atoms with Gasteiger partial charge in [0.25, 0.3) is 0 Å². The highest BCUT2D eigenvalue weighted by Gasteiger charge is 2.23. The Morgan fingerprint density at radius 1 is 0.943 bits per heavy atom. The SMILES string of the molecule is CCCc1nn(-c2ccccc2C)c(OC(C)=O)c1-c1ccc(NC(=O)Cc2ccccc2)cc1. The van der Waals surface area contributed by atoms with E-state index in [-0.39, 0.29) is 5.91 Å². The van der Waals surface area contributed by atoms with E-state index in [4.69, 9.17) is 9.84 Å². The first-order valence-electron chi connectivity index (χ1n) is 11.8. The van der Waals surface area contributed by atoms with Gasteiger partial charge < -0.3 is 10.1 Å². The van der Waals surface area contributed by atoms with E-state index in [1.54, 1.807) is 4.68 Å². The zero-order chi connectivity index (χ0) is 24.8. The molecule has 0 atom stereocenters. The highest BCUT2D eigenvalue weighted by molar-refractivity contribution is 5.92. The number of ether oxygens (including phenoxy) is 1. The van der Waals surface area contributed by atoms with Gasteiger partial charge in [0.1, 0.15) is 0 Å². The van der Waals surface area contributed by atoms with Crippen LogP contribution in [0.25, 0.3) is 16.8 Å². The molecule has 6 nitrogen and oxygen atoms in total. The van der Waals surface area contributed by atoms with E-state index in [0.717, 1.165) is 46.5 Å². The lowest BCUT2D eigenvalue weighted by molar-refractivity contribution is -0.132. The molecule has 1 N–H and O–H groups in total. The Balaban J connectivity index is 1.68. The molecule has 0 bridgehead atoms. The smallest absolute Gasteiger partial charge is 0.309 e. The molecule has 1 amide bonds. The third-order valence-electron chi connectivity index (χ3n) is 5.65. The minimum atomic E-state index is -0.408. The van der Waals surface area contributed by atoms with Crippen LogP contribution < -0.4 is 10.1 Å². The first-order valence-corrected chi connectivity index (χ1v) is 11.8. The average molecular weight is 468 g/mol. The quantitative estimate of drug-likeness (QED) is 0.327. The maximum absolute atomic E-state index is 12.5. The number of hydrogen-bond donors (Lipinski definition) is 1. The summed E-state index contributed by atoms with van der Waals surface area (Å²) in [6, 6.07) is 25.0. The van der Waals surface area contributed by atoms with Crippen LogP contribution in [-0.4, -0.2) is 21.7 Å². The van der Waals surface area contributed by atoms with Gasteiger partial charge in [-0.2, -0.15) is 9.78 Å². The predicted molar refractivity (Wildman–Crippen MR) is 138 cm³/mol. The van der Waals surface area contributed by atoms with E-state index >= 15 is 0 Å². The van der Waals surface area contributed by atoms with E-state index in [9.17, 15) is 9.59 Å². The average Bonchev–Trinajstić information content (AvgIpc) is 3.17. The summed E-state index contributed by atoms with van der Waals surface area (Å²) < 4.78 is 7.44. The van der Waals surface area contributed by atoms with Gasteiger partial charge in [0.15, 0.2) is 0 Å². The van der Waals surface area contributed by atoms with E-state index in [2.05, 4.69) is 12.2 Å². The number of para-hydroxylation sites is 1. The maximum Gasteiger partial charge on any atom is 0.309 e. The lowest BCUT2D eigenvalue weighted by Crippen LogP contribution is -2.14. The van der Waals surface area contributed by atoms with Gasteiger partial charge >= 0.3 is 5.97 Å². The lowest BCUT2D eigenvalue weighted by Gasteiger charge is -2.11. The largest absolute Gasteiger partial charge is 0.407 e. The number of carbonyl (C=O) groups excluding carboxylic acids is 2. The number of hydrogen-bond acceptors (Lipinski definition) is 4. The summed E-state index contributed by atoms with van der Waals surface area (Å²) in [5.74, 6) is -0.0893. The van der Waals surface area contributed by atoms with Crippen molar-refractivity contribution in [2.24, 2.45) is 0 Å². The molecule has 0 saturated heterocycles. The van der Waals surface area contributed by atoms with Gasteiger partial charge in [0.2, 0.25) is 11.8 Å². The number of esters is 1. The second-order valence-electron chi connectivity index (χ2n) is 8.46. The number of rotatable bonds is 8. The second kappa shape index (κ2) is 10.8. The van der Waals surface area contributed by atoms with Crippen LogP contribution in [0.3, 0.4) is 0 Å². The van der Waals surface area contributed by atoms with Gasteiger partial charge in [-0.15, -0.1) is 0 Å². The molecular formula is C29H29N3O3. The Morgan fingerprint density at radius 2 is 1.63 bits per heavy atom. The van der Waals surface area contributed by atoms with Crippen LogP contribution in [0.15, 0.2) is 78.9 Å². The third-order valence-corrected chi connectivity index (χ3v) is 5.65. The summed E-state index contributed by atoms with van der Waals surface area (Å²) in [5.41, 5.74) is 6.05. The summed E-state index contributed by atoms with van der Waals surface area (Å²) >= 11 is 0. The van der Waals surface area contributed by atoms with Crippen molar-refractivity contribution < 1.29 is 14.3 Å². The molecule has 0 spiro atoms. The van der Waals surface area contributed by atoms with Gasteiger partial charge in [0.05, 0.1) is 23.4 Å². The Labute approximate surface area is 205 Å². The number of amides is 1. The standard InChI is InChI=1S/C29H29N3O3/c1-4-10-25-28(29(35-21(3)33)32(31-25)26-14-9-8-11-20(26)2)23-15-17-24(18-16-23)30-27(34)19-22-12-6-5-7-13-22/h5-9,11-18H,4,10,19H2,1-3H3,(H,30,34). The fourth-order valence-corrected chi connectivity index (χ4v) is 4.05. The third kappa shape index (κ3) is 5.66. The van der Waals surface area contributed by atoms with E-state index in [1.807, 2.05) is 85.8 Å². The predicted octanol–water partition coefficient (Wildman–Crippen LogP) is 5.91. The number of carbonyl (C=O) groups is 2. The van der Waals surface area contributed by atoms with Crippen LogP contribution in [0, 0.1) is 6.92 Å². The molecule has 0 saturated carbocycles. The number of aryl methyl sites for hydroxylation is 2. The Kier molecular flexibility index (Phi) is 7.41. The van der Waals surface area contributed by atoms with Crippen molar-refractivity contribution in [2.45, 2.75) is 40.0 Å². The van der Waals surface area contributed by atoms with Gasteiger partial charge in [0, 0.05) is 12.6 Å². The Bertz CT molecular complexity index is 1330. The van der Waals surface area contributed by atoms with Gasteiger partial charge in [-0.25, -0.2) is 0 Å². The molecule has 6 heteroatoms. The zero-order valence-corrected chi connectivity index (χ0v) is 20.2. The molecule has 3 aromatic carbocycles.